The van der Waals surface area contributed by atoms with Gasteiger partial charge in [0.1, 0.15) is 0 Å². The van der Waals surface area contributed by atoms with Crippen LogP contribution in [0.2, 0.25) is 0 Å². The second-order valence-electron chi connectivity index (χ2n) is 5.88. The van der Waals surface area contributed by atoms with Crippen LogP contribution in [0.5, 0.6) is 0 Å². The van der Waals surface area contributed by atoms with Crippen LogP contribution in [0.1, 0.15) is 58.3 Å². The van der Waals surface area contributed by atoms with Crippen LogP contribution in [0.3, 0.4) is 0 Å². The van der Waals surface area contributed by atoms with Gasteiger partial charge in [0.05, 0.1) is 18.6 Å². The fraction of sp³-hybridized carbons (Fsp3) is 0.571. The van der Waals surface area contributed by atoms with Crippen LogP contribution in [-0.2, 0) is 9.53 Å². The normalized spacial score (nSPS) is 14.9. The monoisotopic (exact) mass is 368 g/mol. The molecule has 0 fully saturated rings. The van der Waals surface area contributed by atoms with Gasteiger partial charge in [0, 0.05) is 6.42 Å². The Morgan fingerprint density at radius 1 is 1.08 bits per heavy atom. The fourth-order valence-corrected chi connectivity index (χ4v) is 2.34. The molecule has 0 aromatic heterocycles. The Kier molecular flexibility index (Phi) is 16.6. The Bertz CT molecular complexity index is 438. The fourth-order valence-electron chi connectivity index (χ4n) is 2.10. The van der Waals surface area contributed by atoms with Gasteiger partial charge in [0.2, 0.25) is 0 Å². The molecule has 0 aliphatic rings. The molecular weight excluding hydrogens is 336 g/mol. The van der Waals surface area contributed by atoms with Gasteiger partial charge in [-0.3, -0.25) is 4.79 Å². The summed E-state index contributed by atoms with van der Waals surface area (Å²) in [5.74, 6) is -0.251. The Labute approximate surface area is 158 Å². The van der Waals surface area contributed by atoms with Gasteiger partial charge in [-0.25, -0.2) is 0 Å². The molecule has 1 N–H and O–H groups in total. The number of hydrogen-bond donors (Lipinski definition) is 1. The smallest absolute Gasteiger partial charge is 0.305 e. The molecule has 0 aliphatic carbocycles. The van der Waals surface area contributed by atoms with Crippen LogP contribution >= 0.6 is 11.6 Å². The largest absolute Gasteiger partial charge is 0.469 e. The molecule has 0 spiro atoms. The lowest BCUT2D eigenvalue weighted by Crippen LogP contribution is -2.18. The number of ether oxygens (including phenoxy) is 1. The average Bonchev–Trinajstić information content (AvgIpc) is 2.62. The number of aliphatic hydroxyl groups excluding tert-OH is 1. The third kappa shape index (κ3) is 15.9. The molecule has 0 aromatic carbocycles. The molecule has 0 saturated carbocycles. The van der Waals surface area contributed by atoms with E-state index < -0.39 is 11.5 Å². The highest BCUT2D eigenvalue weighted by Gasteiger charge is 2.13. The van der Waals surface area contributed by atoms with Gasteiger partial charge in [-0.05, 0) is 32.1 Å². The number of hydrogen-bond acceptors (Lipinski definition) is 3. The van der Waals surface area contributed by atoms with Crippen LogP contribution in [0.25, 0.3) is 0 Å². The van der Waals surface area contributed by atoms with Crippen LogP contribution < -0.4 is 0 Å². The van der Waals surface area contributed by atoms with E-state index in [2.05, 4.69) is 29.9 Å². The first-order valence-corrected chi connectivity index (χ1v) is 9.59. The standard InChI is InChI=1S/C21H33ClO3/c1-3-4-5-6-7-8-9-10-11-12-13-14-17-20(23)19(22)16-15-18-21(24)25-2/h7-8,10-14,17,19-20,23H,3-6,9,15-16,18H2,1-2H3/b8-7-,11-10-,13-12+,17-14+/t19-,20+/m1/s1. The highest BCUT2D eigenvalue weighted by Crippen LogP contribution is 2.13. The van der Waals surface area contributed by atoms with Crippen molar-refractivity contribution in [2.75, 3.05) is 7.11 Å². The van der Waals surface area contributed by atoms with Gasteiger partial charge >= 0.3 is 5.97 Å². The molecule has 2 atom stereocenters. The van der Waals surface area contributed by atoms with Gasteiger partial charge in [-0.2, -0.15) is 0 Å². The van der Waals surface area contributed by atoms with E-state index in [1.165, 1.54) is 26.4 Å². The number of carbonyl (C=O) groups is 1. The van der Waals surface area contributed by atoms with Gasteiger partial charge in [-0.1, -0.05) is 68.4 Å². The molecule has 0 rings (SSSR count). The van der Waals surface area contributed by atoms with Crippen molar-refractivity contribution in [3.05, 3.63) is 48.6 Å². The summed E-state index contributed by atoms with van der Waals surface area (Å²) in [5, 5.41) is 9.51. The van der Waals surface area contributed by atoms with Crippen LogP contribution in [0.4, 0.5) is 0 Å². The summed E-state index contributed by atoms with van der Waals surface area (Å²) in [6, 6.07) is 0. The molecule has 0 heterocycles. The average molecular weight is 369 g/mol. The first-order valence-electron chi connectivity index (χ1n) is 9.15. The maximum atomic E-state index is 11.0. The van der Waals surface area contributed by atoms with E-state index in [0.29, 0.717) is 19.3 Å². The van der Waals surface area contributed by atoms with Gasteiger partial charge < -0.3 is 9.84 Å². The number of unbranched alkanes of at least 4 members (excludes halogenated alkanes) is 3. The van der Waals surface area contributed by atoms with E-state index in [1.807, 2.05) is 18.2 Å². The summed E-state index contributed by atoms with van der Waals surface area (Å²) in [5.41, 5.74) is 0. The van der Waals surface area contributed by atoms with Gasteiger partial charge in [0.15, 0.2) is 0 Å². The number of carbonyl (C=O) groups excluding carboxylic acids is 1. The molecule has 0 saturated heterocycles. The third-order valence-electron chi connectivity index (χ3n) is 3.65. The topological polar surface area (TPSA) is 46.5 Å². The minimum absolute atomic E-state index is 0.251. The SMILES string of the molecule is CCCCC/C=C\C\C=C/C=C/C=C/[C@H](O)[C@H](Cl)CCCC(=O)OC. The highest BCUT2D eigenvalue weighted by atomic mass is 35.5. The first kappa shape index (κ1) is 23.7. The van der Waals surface area contributed by atoms with E-state index in [4.69, 9.17) is 11.6 Å². The minimum Gasteiger partial charge on any atom is -0.469 e. The Hall–Kier alpha value is -1.32. The van der Waals surface area contributed by atoms with Crippen LogP contribution in [-0.4, -0.2) is 29.7 Å². The summed E-state index contributed by atoms with van der Waals surface area (Å²) in [4.78, 5) is 11.0. The zero-order valence-electron chi connectivity index (χ0n) is 15.6. The molecule has 4 heteroatoms. The number of esters is 1. The molecule has 0 amide bonds. The van der Waals surface area contributed by atoms with Crippen molar-refractivity contribution in [3.8, 4) is 0 Å². The van der Waals surface area contributed by atoms with Crippen molar-refractivity contribution in [2.45, 2.75) is 69.8 Å². The van der Waals surface area contributed by atoms with Gasteiger partial charge in [0.25, 0.3) is 0 Å². The molecule has 0 aliphatic heterocycles. The van der Waals surface area contributed by atoms with E-state index in [9.17, 15) is 9.90 Å². The number of rotatable bonds is 14. The van der Waals surface area contributed by atoms with Crippen molar-refractivity contribution in [1.29, 1.82) is 0 Å². The summed E-state index contributed by atoms with van der Waals surface area (Å²) < 4.78 is 4.56. The maximum Gasteiger partial charge on any atom is 0.305 e. The van der Waals surface area contributed by atoms with Crippen LogP contribution in [0, 0.1) is 0 Å². The Morgan fingerprint density at radius 2 is 1.84 bits per heavy atom. The molecule has 0 aromatic rings. The Morgan fingerprint density at radius 3 is 2.56 bits per heavy atom. The molecular formula is C21H33ClO3. The van der Waals surface area contributed by atoms with E-state index in [0.717, 1.165) is 12.8 Å². The van der Waals surface area contributed by atoms with E-state index in [1.54, 1.807) is 12.2 Å². The molecule has 3 nitrogen and oxygen atoms in total. The lowest BCUT2D eigenvalue weighted by atomic mass is 10.1. The number of allylic oxidation sites excluding steroid dienone is 7. The van der Waals surface area contributed by atoms with Crippen LogP contribution in [0.15, 0.2) is 48.6 Å². The molecule has 0 radical (unpaired) electrons. The summed E-state index contributed by atoms with van der Waals surface area (Å²) >= 11 is 6.10. The predicted molar refractivity (Wildman–Crippen MR) is 107 cm³/mol. The number of halogens is 1. The summed E-state index contributed by atoms with van der Waals surface area (Å²) in [7, 11) is 1.36. The zero-order chi connectivity index (χ0) is 18.8. The second-order valence-corrected chi connectivity index (χ2v) is 6.44. The molecule has 142 valence electrons. The first-order chi connectivity index (χ1) is 12.1. The maximum absolute atomic E-state index is 11.0. The van der Waals surface area contributed by atoms with Crippen molar-refractivity contribution in [3.63, 3.8) is 0 Å². The van der Waals surface area contributed by atoms with E-state index in [-0.39, 0.29) is 5.97 Å². The molecule has 0 bridgehead atoms. The highest BCUT2D eigenvalue weighted by molar-refractivity contribution is 6.21. The second kappa shape index (κ2) is 17.5. The van der Waals surface area contributed by atoms with Crippen molar-refractivity contribution in [1.82, 2.24) is 0 Å². The lowest BCUT2D eigenvalue weighted by Gasteiger charge is -2.12. The van der Waals surface area contributed by atoms with Crippen molar-refractivity contribution in [2.24, 2.45) is 0 Å². The minimum atomic E-state index is -0.723. The quantitative estimate of drug-likeness (QED) is 0.145. The predicted octanol–water partition coefficient (Wildman–Crippen LogP) is 5.49. The number of aliphatic hydroxyl groups is 1. The zero-order valence-corrected chi connectivity index (χ0v) is 16.3. The molecule has 0 unspecified atom stereocenters. The van der Waals surface area contributed by atoms with E-state index >= 15 is 0 Å². The Balaban J connectivity index is 3.83. The van der Waals surface area contributed by atoms with Crippen molar-refractivity contribution >= 4 is 17.6 Å². The third-order valence-corrected chi connectivity index (χ3v) is 4.13. The summed E-state index contributed by atoms with van der Waals surface area (Å²) in [6.07, 6.45) is 22.4. The van der Waals surface area contributed by atoms with Gasteiger partial charge in [-0.15, -0.1) is 11.6 Å². The van der Waals surface area contributed by atoms with Crippen molar-refractivity contribution < 1.29 is 14.6 Å². The summed E-state index contributed by atoms with van der Waals surface area (Å²) in [6.45, 7) is 2.21. The lowest BCUT2D eigenvalue weighted by molar-refractivity contribution is -0.140. The number of alkyl halides is 1. The number of methoxy groups -OCH3 is 1. The molecule has 25 heavy (non-hydrogen) atoms.